The van der Waals surface area contributed by atoms with Crippen LogP contribution >= 0.6 is 0 Å². The first-order chi connectivity index (χ1) is 11.5. The second-order valence-corrected chi connectivity index (χ2v) is 6.01. The zero-order valence-corrected chi connectivity index (χ0v) is 14.5. The molecule has 0 radical (unpaired) electrons. The van der Waals surface area contributed by atoms with E-state index in [0.717, 1.165) is 11.3 Å². The lowest BCUT2D eigenvalue weighted by Crippen LogP contribution is -2.33. The van der Waals surface area contributed by atoms with Crippen molar-refractivity contribution in [2.24, 2.45) is 0 Å². The third kappa shape index (κ3) is 4.55. The standard InChI is InChI=1S/C19H25N3O2/c1-14(2)17-11-16(12-18(20-3)21-17)19(24)22(9-10-23)13-15-7-5-4-6-8-15/h4-8,11-12,14,23H,9-10,13H2,1-3H3,(H,20,21). The van der Waals surface area contributed by atoms with Gasteiger partial charge in [0.15, 0.2) is 0 Å². The van der Waals surface area contributed by atoms with E-state index in [4.69, 9.17) is 0 Å². The molecule has 0 fully saturated rings. The van der Waals surface area contributed by atoms with Crippen molar-refractivity contribution in [3.8, 4) is 0 Å². The summed E-state index contributed by atoms with van der Waals surface area (Å²) >= 11 is 0. The van der Waals surface area contributed by atoms with Gasteiger partial charge in [-0.05, 0) is 23.6 Å². The van der Waals surface area contributed by atoms with Gasteiger partial charge in [0.05, 0.1) is 6.61 Å². The minimum Gasteiger partial charge on any atom is -0.395 e. The maximum atomic E-state index is 12.9. The number of hydrogen-bond donors (Lipinski definition) is 2. The topological polar surface area (TPSA) is 65.5 Å². The Hall–Kier alpha value is -2.40. The fourth-order valence-corrected chi connectivity index (χ4v) is 2.46. The molecule has 0 saturated carbocycles. The van der Waals surface area contributed by atoms with Gasteiger partial charge in [-0.3, -0.25) is 4.79 Å². The highest BCUT2D eigenvalue weighted by Gasteiger charge is 2.18. The van der Waals surface area contributed by atoms with Gasteiger partial charge in [0.1, 0.15) is 5.82 Å². The summed E-state index contributed by atoms with van der Waals surface area (Å²) in [5, 5.41) is 12.3. The number of amides is 1. The molecule has 0 unspecified atom stereocenters. The molecule has 2 rings (SSSR count). The van der Waals surface area contributed by atoms with Crippen LogP contribution in [0.4, 0.5) is 5.82 Å². The maximum absolute atomic E-state index is 12.9. The van der Waals surface area contributed by atoms with Gasteiger partial charge in [-0.15, -0.1) is 0 Å². The van der Waals surface area contributed by atoms with Gasteiger partial charge in [0.25, 0.3) is 5.91 Å². The number of aliphatic hydroxyl groups excluding tert-OH is 1. The average molecular weight is 327 g/mol. The number of aliphatic hydroxyl groups is 1. The summed E-state index contributed by atoms with van der Waals surface area (Å²) in [4.78, 5) is 19.1. The van der Waals surface area contributed by atoms with Gasteiger partial charge < -0.3 is 15.3 Å². The Morgan fingerprint density at radius 2 is 1.96 bits per heavy atom. The third-order valence-electron chi connectivity index (χ3n) is 3.81. The Bertz CT molecular complexity index is 672. The lowest BCUT2D eigenvalue weighted by Gasteiger charge is -2.23. The number of benzene rings is 1. The van der Waals surface area contributed by atoms with E-state index in [-0.39, 0.29) is 18.4 Å². The van der Waals surface area contributed by atoms with E-state index in [1.807, 2.05) is 50.2 Å². The quantitative estimate of drug-likeness (QED) is 0.821. The predicted octanol–water partition coefficient (Wildman–Crippen LogP) is 2.88. The maximum Gasteiger partial charge on any atom is 0.254 e. The number of anilines is 1. The molecule has 1 heterocycles. The molecule has 24 heavy (non-hydrogen) atoms. The van der Waals surface area contributed by atoms with Crippen molar-refractivity contribution >= 4 is 11.7 Å². The molecule has 0 bridgehead atoms. The molecule has 0 saturated heterocycles. The van der Waals surface area contributed by atoms with Gasteiger partial charge >= 0.3 is 0 Å². The third-order valence-corrected chi connectivity index (χ3v) is 3.81. The Kier molecular flexibility index (Phi) is 6.32. The smallest absolute Gasteiger partial charge is 0.254 e. The molecule has 2 aromatic rings. The summed E-state index contributed by atoms with van der Waals surface area (Å²) in [6.45, 7) is 4.78. The van der Waals surface area contributed by atoms with E-state index in [0.29, 0.717) is 24.5 Å². The van der Waals surface area contributed by atoms with Crippen molar-refractivity contribution in [1.82, 2.24) is 9.88 Å². The zero-order valence-electron chi connectivity index (χ0n) is 14.5. The van der Waals surface area contributed by atoms with Crippen LogP contribution in [-0.2, 0) is 6.54 Å². The van der Waals surface area contributed by atoms with Crippen LogP contribution in [0.5, 0.6) is 0 Å². The number of nitrogens with zero attached hydrogens (tertiary/aromatic N) is 2. The Morgan fingerprint density at radius 3 is 2.54 bits per heavy atom. The molecule has 0 aliphatic carbocycles. The van der Waals surface area contributed by atoms with E-state index in [9.17, 15) is 9.90 Å². The Labute approximate surface area is 143 Å². The molecule has 1 amide bonds. The number of carbonyl (C=O) groups is 1. The van der Waals surface area contributed by atoms with Gasteiger partial charge in [0.2, 0.25) is 0 Å². The van der Waals surface area contributed by atoms with Crippen molar-refractivity contribution in [3.63, 3.8) is 0 Å². The van der Waals surface area contributed by atoms with Crippen LogP contribution in [0.2, 0.25) is 0 Å². The minimum absolute atomic E-state index is 0.0699. The van der Waals surface area contributed by atoms with E-state index in [1.54, 1.807) is 18.0 Å². The largest absolute Gasteiger partial charge is 0.395 e. The van der Waals surface area contributed by atoms with Crippen LogP contribution in [0.25, 0.3) is 0 Å². The first kappa shape index (κ1) is 17.9. The highest BCUT2D eigenvalue weighted by Crippen LogP contribution is 2.19. The molecule has 128 valence electrons. The molecule has 1 aromatic carbocycles. The highest BCUT2D eigenvalue weighted by molar-refractivity contribution is 5.95. The van der Waals surface area contributed by atoms with E-state index < -0.39 is 0 Å². The van der Waals surface area contributed by atoms with Crippen LogP contribution in [0.1, 0.15) is 41.4 Å². The summed E-state index contributed by atoms with van der Waals surface area (Å²) in [6, 6.07) is 13.4. The second-order valence-electron chi connectivity index (χ2n) is 6.01. The van der Waals surface area contributed by atoms with Crippen LogP contribution < -0.4 is 5.32 Å². The number of hydrogen-bond acceptors (Lipinski definition) is 4. The normalized spacial score (nSPS) is 10.7. The minimum atomic E-state index is -0.103. The molecular formula is C19H25N3O2. The number of carbonyl (C=O) groups excluding carboxylic acids is 1. The van der Waals surface area contributed by atoms with Gasteiger partial charge in [-0.1, -0.05) is 44.2 Å². The number of aromatic nitrogens is 1. The monoisotopic (exact) mass is 327 g/mol. The lowest BCUT2D eigenvalue weighted by atomic mass is 10.1. The fraction of sp³-hybridized carbons (Fsp3) is 0.368. The summed E-state index contributed by atoms with van der Waals surface area (Å²) in [5.41, 5.74) is 2.49. The van der Waals surface area contributed by atoms with E-state index in [2.05, 4.69) is 10.3 Å². The second kappa shape index (κ2) is 8.45. The van der Waals surface area contributed by atoms with Crippen LogP contribution in [0, 0.1) is 0 Å². The molecular weight excluding hydrogens is 302 g/mol. The number of nitrogens with one attached hydrogen (secondary N) is 1. The lowest BCUT2D eigenvalue weighted by molar-refractivity contribution is 0.0707. The molecule has 0 aliphatic heterocycles. The Balaban J connectivity index is 2.30. The van der Waals surface area contributed by atoms with Crippen LogP contribution in [0.3, 0.4) is 0 Å². The fourth-order valence-electron chi connectivity index (χ4n) is 2.46. The van der Waals surface area contributed by atoms with Crippen LogP contribution in [0.15, 0.2) is 42.5 Å². The van der Waals surface area contributed by atoms with Gasteiger partial charge in [-0.25, -0.2) is 4.98 Å². The summed E-state index contributed by atoms with van der Waals surface area (Å²) in [6.07, 6.45) is 0. The van der Waals surface area contributed by atoms with Crippen molar-refractivity contribution in [2.45, 2.75) is 26.3 Å². The zero-order chi connectivity index (χ0) is 17.5. The van der Waals surface area contributed by atoms with Crippen molar-refractivity contribution in [2.75, 3.05) is 25.5 Å². The first-order valence-corrected chi connectivity index (χ1v) is 8.19. The molecule has 0 atom stereocenters. The molecule has 2 N–H and O–H groups in total. The van der Waals surface area contributed by atoms with Gasteiger partial charge in [0, 0.05) is 31.4 Å². The molecule has 0 aliphatic rings. The Morgan fingerprint density at radius 1 is 1.25 bits per heavy atom. The van der Waals surface area contributed by atoms with E-state index in [1.165, 1.54) is 0 Å². The first-order valence-electron chi connectivity index (χ1n) is 8.19. The number of pyridine rings is 1. The average Bonchev–Trinajstić information content (AvgIpc) is 2.61. The molecule has 1 aromatic heterocycles. The molecule has 5 nitrogen and oxygen atoms in total. The summed E-state index contributed by atoms with van der Waals surface area (Å²) in [5.74, 6) is 0.798. The summed E-state index contributed by atoms with van der Waals surface area (Å²) in [7, 11) is 1.79. The van der Waals surface area contributed by atoms with Crippen molar-refractivity contribution in [3.05, 3.63) is 59.3 Å². The highest BCUT2D eigenvalue weighted by atomic mass is 16.3. The summed E-state index contributed by atoms with van der Waals surface area (Å²) < 4.78 is 0. The van der Waals surface area contributed by atoms with Gasteiger partial charge in [-0.2, -0.15) is 0 Å². The SMILES string of the molecule is CNc1cc(C(=O)N(CCO)Cc2ccccc2)cc(C(C)C)n1. The van der Waals surface area contributed by atoms with Crippen molar-refractivity contribution in [1.29, 1.82) is 0 Å². The molecule has 0 spiro atoms. The number of rotatable bonds is 7. The van der Waals surface area contributed by atoms with Crippen molar-refractivity contribution < 1.29 is 9.90 Å². The van der Waals surface area contributed by atoms with Crippen LogP contribution in [-0.4, -0.2) is 41.1 Å². The molecule has 5 heteroatoms. The van der Waals surface area contributed by atoms with E-state index >= 15 is 0 Å². The predicted molar refractivity (Wildman–Crippen MR) is 96.1 cm³/mol.